The molecule has 130 valence electrons. The summed E-state index contributed by atoms with van der Waals surface area (Å²) in [6, 6.07) is 1.45. The maximum Gasteiger partial charge on any atom is 0.169 e. The van der Waals surface area contributed by atoms with Gasteiger partial charge < -0.3 is 19.9 Å². The standard InChI is InChI=1S/C18H24FN3O2/c1-12(2)24-18-16-14(13(11-23)4-5-20-16)10-15(19)17(18)22-8-6-21(3)7-9-22/h4,10-12,20H,5-9H2,1-3H3. The molecule has 24 heavy (non-hydrogen) atoms. The Morgan fingerprint density at radius 2 is 2.00 bits per heavy atom. The van der Waals surface area contributed by atoms with E-state index >= 15 is 0 Å². The van der Waals surface area contributed by atoms with E-state index in [1.54, 1.807) is 6.08 Å². The average Bonchev–Trinajstić information content (AvgIpc) is 2.55. The fourth-order valence-corrected chi connectivity index (χ4v) is 3.18. The number of hydrogen-bond donors (Lipinski definition) is 1. The number of benzene rings is 1. The number of rotatable bonds is 4. The quantitative estimate of drug-likeness (QED) is 0.857. The average molecular weight is 333 g/mol. The molecule has 0 radical (unpaired) electrons. The smallest absolute Gasteiger partial charge is 0.169 e. The summed E-state index contributed by atoms with van der Waals surface area (Å²) in [5.41, 5.74) is 2.28. The van der Waals surface area contributed by atoms with Gasteiger partial charge in [0.25, 0.3) is 0 Å². The van der Waals surface area contributed by atoms with Gasteiger partial charge in [0.15, 0.2) is 11.6 Å². The van der Waals surface area contributed by atoms with Crippen molar-refractivity contribution >= 4 is 23.2 Å². The summed E-state index contributed by atoms with van der Waals surface area (Å²) in [6.07, 6.45) is 2.45. The molecule has 2 heterocycles. The number of halogens is 1. The van der Waals surface area contributed by atoms with Crippen molar-refractivity contribution in [1.82, 2.24) is 4.90 Å². The number of nitrogens with zero attached hydrogens (tertiary/aromatic N) is 2. The molecule has 5 nitrogen and oxygen atoms in total. The topological polar surface area (TPSA) is 44.8 Å². The molecule has 1 aromatic rings. The van der Waals surface area contributed by atoms with Crippen LogP contribution < -0.4 is 15.0 Å². The summed E-state index contributed by atoms with van der Waals surface area (Å²) >= 11 is 0. The minimum atomic E-state index is -0.342. The van der Waals surface area contributed by atoms with Crippen molar-refractivity contribution in [3.63, 3.8) is 0 Å². The maximum atomic E-state index is 15.0. The summed E-state index contributed by atoms with van der Waals surface area (Å²) in [5.74, 6) is 0.169. The molecule has 1 fully saturated rings. The lowest BCUT2D eigenvalue weighted by Crippen LogP contribution is -2.45. The van der Waals surface area contributed by atoms with Crippen LogP contribution in [0.1, 0.15) is 19.4 Å². The van der Waals surface area contributed by atoms with Gasteiger partial charge in [0.2, 0.25) is 0 Å². The molecule has 0 unspecified atom stereocenters. The molecular formula is C18H24FN3O2. The van der Waals surface area contributed by atoms with Crippen LogP contribution in [0.4, 0.5) is 15.8 Å². The molecule has 1 saturated heterocycles. The van der Waals surface area contributed by atoms with E-state index in [0.29, 0.717) is 34.8 Å². The molecular weight excluding hydrogens is 309 g/mol. The van der Waals surface area contributed by atoms with Gasteiger partial charge in [0.05, 0.1) is 11.8 Å². The highest BCUT2D eigenvalue weighted by Crippen LogP contribution is 2.45. The molecule has 0 amide bonds. The van der Waals surface area contributed by atoms with Crippen LogP contribution in [-0.2, 0) is 4.79 Å². The first-order chi connectivity index (χ1) is 11.5. The van der Waals surface area contributed by atoms with E-state index < -0.39 is 0 Å². The van der Waals surface area contributed by atoms with E-state index in [1.807, 2.05) is 18.7 Å². The van der Waals surface area contributed by atoms with Crippen LogP contribution >= 0.6 is 0 Å². The molecule has 6 heteroatoms. The number of piperazine rings is 1. The Balaban J connectivity index is 2.11. The summed E-state index contributed by atoms with van der Waals surface area (Å²) in [6.45, 7) is 7.63. The summed E-state index contributed by atoms with van der Waals surface area (Å²) < 4.78 is 21.0. The fraction of sp³-hybridized carbons (Fsp3) is 0.500. The lowest BCUT2D eigenvalue weighted by Gasteiger charge is -2.36. The highest BCUT2D eigenvalue weighted by atomic mass is 19.1. The van der Waals surface area contributed by atoms with Crippen LogP contribution in [0, 0.1) is 5.82 Å². The highest BCUT2D eigenvalue weighted by molar-refractivity contribution is 6.11. The van der Waals surface area contributed by atoms with Gasteiger partial charge in [0, 0.05) is 43.9 Å². The third kappa shape index (κ3) is 3.11. The van der Waals surface area contributed by atoms with Gasteiger partial charge in [-0.25, -0.2) is 4.39 Å². The van der Waals surface area contributed by atoms with E-state index in [9.17, 15) is 9.18 Å². The third-order valence-electron chi connectivity index (χ3n) is 4.42. The minimum Gasteiger partial charge on any atom is -0.487 e. The monoisotopic (exact) mass is 333 g/mol. The van der Waals surface area contributed by atoms with Crippen LogP contribution in [0.5, 0.6) is 5.75 Å². The number of carbonyl (C=O) groups excluding carboxylic acids is 1. The van der Waals surface area contributed by atoms with Crippen molar-refractivity contribution in [3.8, 4) is 5.75 Å². The van der Waals surface area contributed by atoms with Crippen molar-refractivity contribution in [2.24, 2.45) is 0 Å². The Bertz CT molecular complexity index is 665. The first-order valence-electron chi connectivity index (χ1n) is 8.37. The molecule has 0 atom stereocenters. The van der Waals surface area contributed by atoms with E-state index in [-0.39, 0.29) is 11.9 Å². The Kier molecular flexibility index (Phi) is 4.76. The molecule has 1 aromatic carbocycles. The Morgan fingerprint density at radius 3 is 2.62 bits per heavy atom. The minimum absolute atomic E-state index is 0.0884. The number of ether oxygens (including phenoxy) is 1. The molecule has 1 N–H and O–H groups in total. The van der Waals surface area contributed by atoms with E-state index in [4.69, 9.17) is 4.74 Å². The Hall–Kier alpha value is -2.08. The summed E-state index contributed by atoms with van der Waals surface area (Å²) in [5, 5.41) is 3.25. The highest BCUT2D eigenvalue weighted by Gasteiger charge is 2.28. The van der Waals surface area contributed by atoms with E-state index in [2.05, 4.69) is 17.3 Å². The van der Waals surface area contributed by atoms with Gasteiger partial charge in [-0.05, 0) is 27.0 Å². The third-order valence-corrected chi connectivity index (χ3v) is 4.42. The van der Waals surface area contributed by atoms with Crippen molar-refractivity contribution in [2.75, 3.05) is 50.0 Å². The number of hydrogen-bond acceptors (Lipinski definition) is 5. The van der Waals surface area contributed by atoms with Gasteiger partial charge in [0.1, 0.15) is 12.0 Å². The summed E-state index contributed by atoms with van der Waals surface area (Å²) in [4.78, 5) is 15.6. The number of carbonyl (C=O) groups is 1. The number of nitrogens with one attached hydrogen (secondary N) is 1. The zero-order valence-electron chi connectivity index (χ0n) is 14.4. The zero-order valence-corrected chi connectivity index (χ0v) is 14.4. The van der Waals surface area contributed by atoms with Crippen molar-refractivity contribution in [1.29, 1.82) is 0 Å². The molecule has 0 saturated carbocycles. The van der Waals surface area contributed by atoms with Gasteiger partial charge >= 0.3 is 0 Å². The van der Waals surface area contributed by atoms with Crippen LogP contribution in [0.25, 0.3) is 5.57 Å². The summed E-state index contributed by atoms with van der Waals surface area (Å²) in [7, 11) is 2.06. The van der Waals surface area contributed by atoms with Gasteiger partial charge in [-0.1, -0.05) is 6.08 Å². The molecule has 0 aromatic heterocycles. The fourth-order valence-electron chi connectivity index (χ4n) is 3.18. The van der Waals surface area contributed by atoms with Gasteiger partial charge in [-0.15, -0.1) is 0 Å². The molecule has 2 aliphatic rings. The van der Waals surface area contributed by atoms with E-state index in [0.717, 1.165) is 32.5 Å². The lowest BCUT2D eigenvalue weighted by molar-refractivity contribution is -0.103. The van der Waals surface area contributed by atoms with Crippen LogP contribution in [-0.4, -0.2) is 57.1 Å². The Morgan fingerprint density at radius 1 is 1.29 bits per heavy atom. The first-order valence-corrected chi connectivity index (χ1v) is 8.37. The predicted molar refractivity (Wildman–Crippen MR) is 94.4 cm³/mol. The normalized spacial score (nSPS) is 18.0. The number of aldehydes is 1. The number of allylic oxidation sites excluding steroid dienone is 1. The molecule has 0 spiro atoms. The van der Waals surface area contributed by atoms with Crippen LogP contribution in [0.3, 0.4) is 0 Å². The second-order valence-electron chi connectivity index (χ2n) is 6.57. The van der Waals surface area contributed by atoms with Crippen molar-refractivity contribution in [3.05, 3.63) is 23.5 Å². The second kappa shape index (κ2) is 6.81. The van der Waals surface area contributed by atoms with Gasteiger partial charge in [-0.2, -0.15) is 0 Å². The largest absolute Gasteiger partial charge is 0.487 e. The molecule has 3 rings (SSSR count). The number of fused-ring (bicyclic) bond motifs is 1. The molecule has 0 aliphatic carbocycles. The molecule has 2 aliphatic heterocycles. The first kappa shape index (κ1) is 16.8. The maximum absolute atomic E-state index is 15.0. The number of likely N-dealkylation sites (N-methyl/N-ethyl adjacent to an activating group) is 1. The van der Waals surface area contributed by atoms with Crippen molar-refractivity contribution < 1.29 is 13.9 Å². The predicted octanol–water partition coefficient (Wildman–Crippen LogP) is 2.37. The van der Waals surface area contributed by atoms with Crippen LogP contribution in [0.15, 0.2) is 12.1 Å². The number of anilines is 2. The van der Waals surface area contributed by atoms with Crippen molar-refractivity contribution in [2.45, 2.75) is 20.0 Å². The Labute approximate surface area is 142 Å². The molecule has 0 bridgehead atoms. The SMILES string of the molecule is CC(C)Oc1c2c(cc(F)c1N1CCN(C)CC1)C(C=O)=CCN2. The second-order valence-corrected chi connectivity index (χ2v) is 6.57. The zero-order chi connectivity index (χ0) is 17.3. The van der Waals surface area contributed by atoms with E-state index in [1.165, 1.54) is 6.07 Å². The van der Waals surface area contributed by atoms with Gasteiger partial charge in [-0.3, -0.25) is 4.79 Å². The lowest BCUT2D eigenvalue weighted by atomic mass is 9.99. The van der Waals surface area contributed by atoms with Crippen LogP contribution in [0.2, 0.25) is 0 Å².